The van der Waals surface area contributed by atoms with E-state index in [0.717, 1.165) is 25.0 Å². The van der Waals surface area contributed by atoms with Crippen LogP contribution in [0.25, 0.3) is 0 Å². The molecule has 1 aromatic rings. The molecule has 0 saturated heterocycles. The molecular weight excluding hydrogens is 186 g/mol. The lowest BCUT2D eigenvalue weighted by Gasteiger charge is -2.16. The Morgan fingerprint density at radius 2 is 1.87 bits per heavy atom. The van der Waals surface area contributed by atoms with Crippen LogP contribution >= 0.6 is 0 Å². The van der Waals surface area contributed by atoms with E-state index in [1.54, 1.807) is 0 Å². The summed E-state index contributed by atoms with van der Waals surface area (Å²) in [5, 5.41) is 0. The second-order valence-corrected chi connectivity index (χ2v) is 3.72. The van der Waals surface area contributed by atoms with Crippen LogP contribution in [0.4, 0.5) is 0 Å². The molecule has 2 nitrogen and oxygen atoms in total. The van der Waals surface area contributed by atoms with Crippen molar-refractivity contribution in [3.8, 4) is 5.75 Å². The van der Waals surface area contributed by atoms with Crippen LogP contribution in [-0.4, -0.2) is 12.6 Å². The zero-order chi connectivity index (χ0) is 11.1. The fraction of sp³-hybridized carbons (Fsp3) is 0.538. The fourth-order valence-corrected chi connectivity index (χ4v) is 1.53. The summed E-state index contributed by atoms with van der Waals surface area (Å²) in [7, 11) is 0. The van der Waals surface area contributed by atoms with E-state index in [4.69, 9.17) is 10.5 Å². The number of aryl methyl sites for hydroxylation is 1. The lowest BCUT2D eigenvalue weighted by atomic mass is 10.1. The topological polar surface area (TPSA) is 35.2 Å². The molecule has 0 aliphatic rings. The normalized spacial score (nSPS) is 12.5. The van der Waals surface area contributed by atoms with Gasteiger partial charge in [-0.25, -0.2) is 0 Å². The SMILES string of the molecule is CCc1ccc(OC(CC)CCN)cc1. The van der Waals surface area contributed by atoms with Gasteiger partial charge in [-0.3, -0.25) is 0 Å². The molecule has 0 aromatic heterocycles. The molecule has 2 N–H and O–H groups in total. The average Bonchev–Trinajstić information content (AvgIpc) is 2.29. The van der Waals surface area contributed by atoms with E-state index in [9.17, 15) is 0 Å². The molecule has 1 atom stereocenters. The minimum atomic E-state index is 0.252. The standard InChI is InChI=1S/C13H21NO/c1-3-11-5-7-13(8-6-11)15-12(4-2)9-10-14/h5-8,12H,3-4,9-10,14H2,1-2H3. The maximum absolute atomic E-state index is 5.82. The Morgan fingerprint density at radius 1 is 1.20 bits per heavy atom. The summed E-state index contributed by atoms with van der Waals surface area (Å²) in [6.07, 6.45) is 3.25. The minimum absolute atomic E-state index is 0.252. The number of hydrogen-bond donors (Lipinski definition) is 1. The molecule has 0 fully saturated rings. The Bertz CT molecular complexity index is 268. The van der Waals surface area contributed by atoms with Crippen molar-refractivity contribution in [2.24, 2.45) is 5.73 Å². The highest BCUT2D eigenvalue weighted by atomic mass is 16.5. The maximum atomic E-state index is 5.82. The summed E-state index contributed by atoms with van der Waals surface area (Å²) in [5.74, 6) is 0.951. The molecule has 0 amide bonds. The first kappa shape index (κ1) is 12.1. The van der Waals surface area contributed by atoms with Gasteiger partial charge in [-0.15, -0.1) is 0 Å². The summed E-state index contributed by atoms with van der Waals surface area (Å²) in [4.78, 5) is 0. The van der Waals surface area contributed by atoms with Crippen LogP contribution in [0, 0.1) is 0 Å². The lowest BCUT2D eigenvalue weighted by molar-refractivity contribution is 0.189. The zero-order valence-corrected chi connectivity index (χ0v) is 9.70. The van der Waals surface area contributed by atoms with Crippen molar-refractivity contribution in [3.05, 3.63) is 29.8 Å². The molecule has 0 aliphatic carbocycles. The van der Waals surface area contributed by atoms with Gasteiger partial charge in [-0.05, 0) is 43.5 Å². The summed E-state index contributed by atoms with van der Waals surface area (Å²) >= 11 is 0. The summed E-state index contributed by atoms with van der Waals surface area (Å²) in [5.41, 5.74) is 6.87. The molecule has 0 spiro atoms. The second kappa shape index (κ2) is 6.46. The lowest BCUT2D eigenvalue weighted by Crippen LogP contribution is -2.19. The first-order valence-electron chi connectivity index (χ1n) is 5.75. The van der Waals surface area contributed by atoms with Crippen molar-refractivity contribution >= 4 is 0 Å². The quantitative estimate of drug-likeness (QED) is 0.778. The fourth-order valence-electron chi connectivity index (χ4n) is 1.53. The molecule has 0 bridgehead atoms. The van der Waals surface area contributed by atoms with Gasteiger partial charge in [0.05, 0.1) is 6.10 Å². The Labute approximate surface area is 92.4 Å². The van der Waals surface area contributed by atoms with Crippen LogP contribution in [0.15, 0.2) is 24.3 Å². The van der Waals surface area contributed by atoms with E-state index in [2.05, 4.69) is 26.0 Å². The highest BCUT2D eigenvalue weighted by Crippen LogP contribution is 2.16. The van der Waals surface area contributed by atoms with Crippen molar-refractivity contribution in [1.29, 1.82) is 0 Å². The van der Waals surface area contributed by atoms with Gasteiger partial charge in [0, 0.05) is 0 Å². The van der Waals surface area contributed by atoms with Crippen LogP contribution in [0.1, 0.15) is 32.3 Å². The molecule has 0 saturated carbocycles. The van der Waals surface area contributed by atoms with Crippen molar-refractivity contribution in [3.63, 3.8) is 0 Å². The predicted octanol–water partition coefficient (Wildman–Crippen LogP) is 2.76. The third-order valence-electron chi connectivity index (χ3n) is 2.58. The molecule has 1 unspecified atom stereocenters. The highest BCUT2D eigenvalue weighted by molar-refractivity contribution is 5.27. The monoisotopic (exact) mass is 207 g/mol. The number of nitrogens with two attached hydrogens (primary N) is 1. The largest absolute Gasteiger partial charge is 0.490 e. The zero-order valence-electron chi connectivity index (χ0n) is 9.70. The molecule has 84 valence electrons. The number of rotatable bonds is 6. The van der Waals surface area contributed by atoms with E-state index >= 15 is 0 Å². The predicted molar refractivity (Wildman–Crippen MR) is 64.2 cm³/mol. The van der Waals surface area contributed by atoms with E-state index in [-0.39, 0.29) is 6.10 Å². The second-order valence-electron chi connectivity index (χ2n) is 3.72. The molecule has 0 aliphatic heterocycles. The summed E-state index contributed by atoms with van der Waals surface area (Å²) in [6, 6.07) is 8.31. The van der Waals surface area contributed by atoms with Crippen molar-refractivity contribution < 1.29 is 4.74 Å². The van der Waals surface area contributed by atoms with Crippen molar-refractivity contribution in [2.45, 2.75) is 39.2 Å². The molecule has 15 heavy (non-hydrogen) atoms. The number of ether oxygens (including phenoxy) is 1. The van der Waals surface area contributed by atoms with Crippen LogP contribution < -0.4 is 10.5 Å². The smallest absolute Gasteiger partial charge is 0.119 e. The van der Waals surface area contributed by atoms with Crippen LogP contribution in [-0.2, 0) is 6.42 Å². The van der Waals surface area contributed by atoms with Gasteiger partial charge in [0.1, 0.15) is 5.75 Å². The highest BCUT2D eigenvalue weighted by Gasteiger charge is 2.06. The molecule has 1 aromatic carbocycles. The van der Waals surface area contributed by atoms with Gasteiger partial charge < -0.3 is 10.5 Å². The van der Waals surface area contributed by atoms with Crippen LogP contribution in [0.3, 0.4) is 0 Å². The van der Waals surface area contributed by atoms with Crippen LogP contribution in [0.2, 0.25) is 0 Å². The van der Waals surface area contributed by atoms with E-state index in [1.165, 1.54) is 5.56 Å². The van der Waals surface area contributed by atoms with Crippen molar-refractivity contribution in [1.82, 2.24) is 0 Å². The van der Waals surface area contributed by atoms with E-state index in [0.29, 0.717) is 6.54 Å². The molecule has 1 rings (SSSR count). The van der Waals surface area contributed by atoms with Gasteiger partial charge in [-0.1, -0.05) is 26.0 Å². The summed E-state index contributed by atoms with van der Waals surface area (Å²) < 4.78 is 5.82. The first-order chi connectivity index (χ1) is 7.30. The Balaban J connectivity index is 2.55. The van der Waals surface area contributed by atoms with Gasteiger partial charge in [0.2, 0.25) is 0 Å². The molecule has 2 heteroatoms. The van der Waals surface area contributed by atoms with Gasteiger partial charge in [-0.2, -0.15) is 0 Å². The third-order valence-corrected chi connectivity index (χ3v) is 2.58. The van der Waals surface area contributed by atoms with Gasteiger partial charge in [0.25, 0.3) is 0 Å². The van der Waals surface area contributed by atoms with Gasteiger partial charge in [0.15, 0.2) is 0 Å². The van der Waals surface area contributed by atoms with Crippen LogP contribution in [0.5, 0.6) is 5.75 Å². The molecule has 0 radical (unpaired) electrons. The van der Waals surface area contributed by atoms with E-state index < -0.39 is 0 Å². The van der Waals surface area contributed by atoms with Crippen molar-refractivity contribution in [2.75, 3.05) is 6.54 Å². The number of benzene rings is 1. The minimum Gasteiger partial charge on any atom is -0.490 e. The van der Waals surface area contributed by atoms with E-state index in [1.807, 2.05) is 12.1 Å². The average molecular weight is 207 g/mol. The Morgan fingerprint density at radius 3 is 2.33 bits per heavy atom. The first-order valence-corrected chi connectivity index (χ1v) is 5.75. The number of hydrogen-bond acceptors (Lipinski definition) is 2. The van der Waals surface area contributed by atoms with Gasteiger partial charge >= 0.3 is 0 Å². The molecule has 0 heterocycles. The molecular formula is C13H21NO. The Kier molecular flexibility index (Phi) is 5.19. The maximum Gasteiger partial charge on any atom is 0.119 e. The Hall–Kier alpha value is -1.02. The summed E-state index contributed by atoms with van der Waals surface area (Å²) in [6.45, 7) is 4.96. The third kappa shape index (κ3) is 3.92.